The molecule has 0 aliphatic heterocycles. The zero-order chi connectivity index (χ0) is 23.7. The first-order valence-electron chi connectivity index (χ1n) is 10.7. The molecule has 0 radical (unpaired) electrons. The minimum atomic E-state index is -1.03. The Bertz CT molecular complexity index is 1130. The molecule has 0 aliphatic rings. The summed E-state index contributed by atoms with van der Waals surface area (Å²) in [7, 11) is 0. The molecule has 5 nitrogen and oxygen atoms in total. The van der Waals surface area contributed by atoms with Gasteiger partial charge in [-0.25, -0.2) is 4.79 Å². The van der Waals surface area contributed by atoms with E-state index in [1.807, 2.05) is 30.3 Å². The highest BCUT2D eigenvalue weighted by atomic mass is 16.5. The number of carbonyl (C=O) groups is 2. The highest BCUT2D eigenvalue weighted by molar-refractivity contribution is 6.05. The molecular formula is C27H31NO4. The molecule has 32 heavy (non-hydrogen) atoms. The van der Waals surface area contributed by atoms with Crippen molar-refractivity contribution in [1.82, 2.24) is 0 Å². The van der Waals surface area contributed by atoms with Crippen LogP contribution in [0.3, 0.4) is 0 Å². The number of anilines is 1. The second kappa shape index (κ2) is 8.65. The Morgan fingerprint density at radius 1 is 0.875 bits per heavy atom. The van der Waals surface area contributed by atoms with Crippen LogP contribution in [0.2, 0.25) is 0 Å². The first-order chi connectivity index (χ1) is 14.8. The molecule has 1 amide bonds. The quantitative estimate of drug-likeness (QED) is 0.506. The van der Waals surface area contributed by atoms with E-state index in [1.54, 1.807) is 18.2 Å². The summed E-state index contributed by atoms with van der Waals surface area (Å²) >= 11 is 0. The van der Waals surface area contributed by atoms with Gasteiger partial charge in [-0.3, -0.25) is 4.79 Å². The maximum atomic E-state index is 13.2. The third-order valence-electron chi connectivity index (χ3n) is 5.38. The summed E-state index contributed by atoms with van der Waals surface area (Å²) < 4.78 is 5.37. The first-order valence-corrected chi connectivity index (χ1v) is 10.7. The molecule has 0 spiro atoms. The number of carboxylic acid groups (broad SMARTS) is 1. The van der Waals surface area contributed by atoms with Crippen LogP contribution in [0, 0.1) is 0 Å². The van der Waals surface area contributed by atoms with Crippen molar-refractivity contribution >= 4 is 28.3 Å². The van der Waals surface area contributed by atoms with Crippen LogP contribution in [0.4, 0.5) is 5.69 Å². The topological polar surface area (TPSA) is 75.6 Å². The molecule has 0 atom stereocenters. The van der Waals surface area contributed by atoms with E-state index in [4.69, 9.17) is 9.84 Å². The summed E-state index contributed by atoms with van der Waals surface area (Å²) in [6.07, 6.45) is 0. The Balaban J connectivity index is 1.92. The number of aliphatic carboxylic acids is 1. The fourth-order valence-corrected chi connectivity index (χ4v) is 3.43. The van der Waals surface area contributed by atoms with Gasteiger partial charge in [-0.15, -0.1) is 0 Å². The number of fused-ring (bicyclic) bond motifs is 1. The van der Waals surface area contributed by atoms with Crippen molar-refractivity contribution in [2.75, 3.05) is 11.9 Å². The molecule has 2 N–H and O–H groups in total. The zero-order valence-corrected chi connectivity index (χ0v) is 19.6. The van der Waals surface area contributed by atoms with Crippen molar-refractivity contribution in [3.63, 3.8) is 0 Å². The Labute approximate surface area is 189 Å². The van der Waals surface area contributed by atoms with Gasteiger partial charge in [-0.05, 0) is 63.7 Å². The van der Waals surface area contributed by atoms with E-state index in [-0.39, 0.29) is 16.7 Å². The van der Waals surface area contributed by atoms with Gasteiger partial charge in [-0.1, -0.05) is 59.7 Å². The molecule has 168 valence electrons. The zero-order valence-electron chi connectivity index (χ0n) is 19.6. The smallest absolute Gasteiger partial charge is 0.341 e. The van der Waals surface area contributed by atoms with Crippen LogP contribution in [-0.2, 0) is 15.6 Å². The Morgan fingerprint density at radius 2 is 1.50 bits per heavy atom. The highest BCUT2D eigenvalue weighted by Crippen LogP contribution is 2.31. The van der Waals surface area contributed by atoms with E-state index in [0.29, 0.717) is 17.0 Å². The van der Waals surface area contributed by atoms with Crippen molar-refractivity contribution in [2.24, 2.45) is 0 Å². The molecule has 3 aromatic carbocycles. The predicted octanol–water partition coefficient (Wildman–Crippen LogP) is 6.15. The van der Waals surface area contributed by atoms with Crippen molar-refractivity contribution < 1.29 is 19.4 Å². The van der Waals surface area contributed by atoms with Gasteiger partial charge < -0.3 is 15.2 Å². The average molecular weight is 434 g/mol. The second-order valence-electron chi connectivity index (χ2n) is 10.1. The average Bonchev–Trinajstić information content (AvgIpc) is 2.70. The summed E-state index contributed by atoms with van der Waals surface area (Å²) in [5.74, 6) is -0.701. The number of carbonyl (C=O) groups excluding carboxylic acids is 1. The lowest BCUT2D eigenvalue weighted by molar-refractivity contribution is -0.139. The first kappa shape index (κ1) is 23.3. The highest BCUT2D eigenvalue weighted by Gasteiger charge is 2.22. The molecule has 3 rings (SSSR count). The van der Waals surface area contributed by atoms with Gasteiger partial charge in [0.15, 0.2) is 6.61 Å². The van der Waals surface area contributed by atoms with Crippen LogP contribution < -0.4 is 10.1 Å². The number of hydrogen-bond acceptors (Lipinski definition) is 3. The fourth-order valence-electron chi connectivity index (χ4n) is 3.43. The molecule has 0 saturated heterocycles. The number of nitrogens with one attached hydrogen (secondary N) is 1. The number of benzene rings is 3. The lowest BCUT2D eigenvalue weighted by Crippen LogP contribution is -2.20. The van der Waals surface area contributed by atoms with Gasteiger partial charge in [-0.2, -0.15) is 0 Å². The molecule has 0 saturated carbocycles. The molecule has 0 aliphatic carbocycles. The second-order valence-corrected chi connectivity index (χ2v) is 10.1. The van der Waals surface area contributed by atoms with Gasteiger partial charge in [0, 0.05) is 16.6 Å². The van der Waals surface area contributed by atoms with Gasteiger partial charge in [0.1, 0.15) is 5.75 Å². The van der Waals surface area contributed by atoms with Crippen LogP contribution in [0.1, 0.15) is 63.0 Å². The van der Waals surface area contributed by atoms with Crippen molar-refractivity contribution in [2.45, 2.75) is 52.4 Å². The maximum absolute atomic E-state index is 13.2. The van der Waals surface area contributed by atoms with Crippen LogP contribution >= 0.6 is 0 Å². The number of ether oxygens (including phenoxy) is 1. The van der Waals surface area contributed by atoms with Gasteiger partial charge in [0.25, 0.3) is 5.91 Å². The molecule has 0 bridgehead atoms. The number of amides is 1. The summed E-state index contributed by atoms with van der Waals surface area (Å²) in [6.45, 7) is 12.5. The van der Waals surface area contributed by atoms with Gasteiger partial charge >= 0.3 is 5.97 Å². The van der Waals surface area contributed by atoms with E-state index in [0.717, 1.165) is 21.9 Å². The van der Waals surface area contributed by atoms with E-state index < -0.39 is 12.6 Å². The SMILES string of the molecule is CC(C)(C)c1cc(C(=O)Nc2ccc3c(OCC(=O)O)cccc3c2)cc(C(C)(C)C)c1. The minimum Gasteiger partial charge on any atom is -0.481 e. The van der Waals surface area contributed by atoms with E-state index >= 15 is 0 Å². The number of rotatable bonds is 5. The van der Waals surface area contributed by atoms with Gasteiger partial charge in [0.2, 0.25) is 0 Å². The third-order valence-corrected chi connectivity index (χ3v) is 5.38. The van der Waals surface area contributed by atoms with E-state index in [9.17, 15) is 9.59 Å². The van der Waals surface area contributed by atoms with Crippen LogP contribution in [0.5, 0.6) is 5.75 Å². The number of hydrogen-bond donors (Lipinski definition) is 2. The summed E-state index contributed by atoms with van der Waals surface area (Å²) in [4.78, 5) is 24.0. The molecule has 5 heteroatoms. The van der Waals surface area contributed by atoms with Crippen LogP contribution in [-0.4, -0.2) is 23.6 Å². The number of carboxylic acids is 1. The van der Waals surface area contributed by atoms with Crippen molar-refractivity contribution in [1.29, 1.82) is 0 Å². The molecule has 3 aromatic rings. The van der Waals surface area contributed by atoms with Crippen LogP contribution in [0.25, 0.3) is 10.8 Å². The van der Waals surface area contributed by atoms with Crippen molar-refractivity contribution in [3.8, 4) is 5.75 Å². The van der Waals surface area contributed by atoms with E-state index in [1.165, 1.54) is 0 Å². The van der Waals surface area contributed by atoms with E-state index in [2.05, 4.69) is 52.9 Å². The molecule has 0 heterocycles. The maximum Gasteiger partial charge on any atom is 0.341 e. The molecule has 0 fully saturated rings. The lowest BCUT2D eigenvalue weighted by atomic mass is 9.79. The summed E-state index contributed by atoms with van der Waals surface area (Å²) in [5, 5.41) is 13.5. The summed E-state index contributed by atoms with van der Waals surface area (Å²) in [6, 6.07) is 17.0. The monoisotopic (exact) mass is 433 g/mol. The molecule has 0 aromatic heterocycles. The minimum absolute atomic E-state index is 0.0778. The summed E-state index contributed by atoms with van der Waals surface area (Å²) in [5.41, 5.74) is 3.37. The molecular weight excluding hydrogens is 402 g/mol. The Hall–Kier alpha value is -3.34. The largest absolute Gasteiger partial charge is 0.481 e. The normalized spacial score (nSPS) is 11.9. The fraction of sp³-hybridized carbons (Fsp3) is 0.333. The predicted molar refractivity (Wildman–Crippen MR) is 129 cm³/mol. The lowest BCUT2D eigenvalue weighted by Gasteiger charge is -2.26. The van der Waals surface area contributed by atoms with Crippen LogP contribution in [0.15, 0.2) is 54.6 Å². The Morgan fingerprint density at radius 3 is 2.06 bits per heavy atom. The Kier molecular flexibility index (Phi) is 6.31. The third kappa shape index (κ3) is 5.47. The van der Waals surface area contributed by atoms with Crippen molar-refractivity contribution in [3.05, 3.63) is 71.3 Å². The molecule has 0 unspecified atom stereocenters. The van der Waals surface area contributed by atoms with Gasteiger partial charge in [0.05, 0.1) is 0 Å². The standard InChI is InChI=1S/C27H31NO4/c1-26(2,3)19-12-18(13-20(15-19)27(4,5)6)25(31)28-21-10-11-22-17(14-21)8-7-9-23(22)32-16-24(29)30/h7-15H,16H2,1-6H3,(H,28,31)(H,29,30).